The van der Waals surface area contributed by atoms with E-state index in [1.165, 1.54) is 6.92 Å². The Kier molecular flexibility index (Phi) is 11.1. The van der Waals surface area contributed by atoms with Crippen LogP contribution in [0.3, 0.4) is 0 Å². The molecule has 0 aliphatic carbocycles. The molecule has 1 aromatic rings. The number of nitrogens with one attached hydrogen (secondary N) is 3. The molecule has 0 aliphatic heterocycles. The Hall–Kier alpha value is -3.51. The van der Waals surface area contributed by atoms with E-state index in [2.05, 4.69) is 16.0 Å². The fraction of sp³-hybridized carbons (Fsp3) is 0.500. The van der Waals surface area contributed by atoms with Crippen LogP contribution in [0.4, 0.5) is 0 Å². The van der Waals surface area contributed by atoms with E-state index < -0.39 is 66.3 Å². The third-order valence-corrected chi connectivity index (χ3v) is 5.02. The number of nitrogens with two attached hydrogens (primary N) is 2. The van der Waals surface area contributed by atoms with Crippen molar-refractivity contribution in [1.29, 1.82) is 0 Å². The van der Waals surface area contributed by atoms with Gasteiger partial charge in [0.05, 0.1) is 18.6 Å². The van der Waals surface area contributed by atoms with Crippen LogP contribution in [-0.4, -0.2) is 70.1 Å². The summed E-state index contributed by atoms with van der Waals surface area (Å²) in [6.45, 7) is 4.64. The highest BCUT2D eigenvalue weighted by Gasteiger charge is 2.33. The van der Waals surface area contributed by atoms with E-state index in [0.717, 1.165) is 0 Å². The number of amides is 4. The Morgan fingerprint density at radius 1 is 0.882 bits per heavy atom. The van der Waals surface area contributed by atoms with E-state index >= 15 is 0 Å². The number of carbonyl (C=O) groups is 5. The molecule has 188 valence electrons. The van der Waals surface area contributed by atoms with Crippen LogP contribution < -0.4 is 27.4 Å². The molecule has 0 radical (unpaired) electrons. The zero-order valence-electron chi connectivity index (χ0n) is 19.4. The number of rotatable bonds is 13. The molecule has 0 aliphatic rings. The van der Waals surface area contributed by atoms with Crippen molar-refractivity contribution in [1.82, 2.24) is 16.0 Å². The van der Waals surface area contributed by atoms with Crippen molar-refractivity contribution >= 4 is 29.6 Å². The van der Waals surface area contributed by atoms with Crippen LogP contribution in [0.5, 0.6) is 0 Å². The second-order valence-electron chi connectivity index (χ2n) is 8.32. The number of hydrogen-bond donors (Lipinski definition) is 7. The number of aliphatic carboxylic acids is 1. The predicted molar refractivity (Wildman–Crippen MR) is 122 cm³/mol. The van der Waals surface area contributed by atoms with Crippen molar-refractivity contribution in [2.75, 3.05) is 0 Å². The summed E-state index contributed by atoms with van der Waals surface area (Å²) in [6.07, 6.45) is -2.05. The number of aliphatic hydroxyl groups excluding tert-OH is 1. The largest absolute Gasteiger partial charge is 0.480 e. The summed E-state index contributed by atoms with van der Waals surface area (Å²) >= 11 is 0. The van der Waals surface area contributed by atoms with Crippen molar-refractivity contribution in [3.63, 3.8) is 0 Å². The number of hydrogen-bond acceptors (Lipinski definition) is 7. The first-order valence-electron chi connectivity index (χ1n) is 10.7. The first-order chi connectivity index (χ1) is 15.8. The van der Waals surface area contributed by atoms with Crippen molar-refractivity contribution < 1.29 is 34.2 Å². The van der Waals surface area contributed by atoms with Gasteiger partial charge in [-0.1, -0.05) is 44.2 Å². The van der Waals surface area contributed by atoms with Crippen molar-refractivity contribution in [2.24, 2.45) is 17.4 Å². The number of benzene rings is 1. The highest BCUT2D eigenvalue weighted by molar-refractivity contribution is 5.96. The molecule has 0 bridgehead atoms. The quantitative estimate of drug-likeness (QED) is 0.168. The van der Waals surface area contributed by atoms with Crippen LogP contribution in [0.1, 0.15) is 32.8 Å². The Labute approximate surface area is 197 Å². The summed E-state index contributed by atoms with van der Waals surface area (Å²) in [5.74, 6) is -5.14. The van der Waals surface area contributed by atoms with E-state index in [1.54, 1.807) is 44.2 Å². The molecule has 0 aromatic heterocycles. The van der Waals surface area contributed by atoms with Gasteiger partial charge in [-0.15, -0.1) is 0 Å². The highest BCUT2D eigenvalue weighted by atomic mass is 16.4. The summed E-state index contributed by atoms with van der Waals surface area (Å²) in [5, 5.41) is 26.3. The van der Waals surface area contributed by atoms with Crippen LogP contribution in [0.15, 0.2) is 30.3 Å². The predicted octanol–water partition coefficient (Wildman–Crippen LogP) is -1.99. The van der Waals surface area contributed by atoms with Crippen LogP contribution in [0, 0.1) is 5.92 Å². The van der Waals surface area contributed by atoms with Crippen LogP contribution in [-0.2, 0) is 30.4 Å². The van der Waals surface area contributed by atoms with Crippen LogP contribution in [0.2, 0.25) is 0 Å². The molecule has 12 nitrogen and oxygen atoms in total. The number of aliphatic hydroxyl groups is 1. The first kappa shape index (κ1) is 28.5. The molecule has 0 heterocycles. The van der Waals surface area contributed by atoms with Gasteiger partial charge in [-0.25, -0.2) is 4.79 Å². The van der Waals surface area contributed by atoms with Crippen molar-refractivity contribution in [2.45, 2.75) is 63.9 Å². The summed E-state index contributed by atoms with van der Waals surface area (Å²) in [4.78, 5) is 60.9. The Morgan fingerprint density at radius 3 is 1.91 bits per heavy atom. The topological polar surface area (TPSA) is 214 Å². The Bertz CT molecular complexity index is 876. The molecular formula is C22H33N5O7. The van der Waals surface area contributed by atoms with Gasteiger partial charge in [0.25, 0.3) is 0 Å². The van der Waals surface area contributed by atoms with Gasteiger partial charge >= 0.3 is 5.97 Å². The van der Waals surface area contributed by atoms with Gasteiger partial charge in [-0.2, -0.15) is 0 Å². The molecule has 9 N–H and O–H groups in total. The molecule has 0 saturated heterocycles. The maximum atomic E-state index is 12.8. The Balaban J connectivity index is 2.99. The maximum absolute atomic E-state index is 12.8. The third-order valence-electron chi connectivity index (χ3n) is 5.02. The normalized spacial score (nSPS) is 15.4. The van der Waals surface area contributed by atoms with E-state index in [1.807, 2.05) is 0 Å². The number of carbonyl (C=O) groups excluding carboxylic acids is 4. The van der Waals surface area contributed by atoms with Crippen LogP contribution in [0.25, 0.3) is 0 Å². The van der Waals surface area contributed by atoms with Gasteiger partial charge in [0.2, 0.25) is 23.6 Å². The van der Waals surface area contributed by atoms with E-state index in [4.69, 9.17) is 11.5 Å². The average Bonchev–Trinajstić information content (AvgIpc) is 2.75. The molecule has 1 aromatic carbocycles. The summed E-state index contributed by atoms with van der Waals surface area (Å²) in [6, 6.07) is 3.21. The number of carboxylic acids is 1. The molecule has 4 amide bonds. The lowest BCUT2D eigenvalue weighted by Gasteiger charge is -2.26. The summed E-state index contributed by atoms with van der Waals surface area (Å²) in [5.41, 5.74) is 11.6. The SMILES string of the molecule is CC(C)C(N)C(=O)NC(C(=O)NC(CC(N)=O)C(=O)NC(Cc1ccccc1)C(=O)O)C(C)O. The lowest BCUT2D eigenvalue weighted by Crippen LogP contribution is -2.60. The molecule has 1 rings (SSSR count). The fourth-order valence-electron chi connectivity index (χ4n) is 2.95. The van der Waals surface area contributed by atoms with Crippen LogP contribution >= 0.6 is 0 Å². The third kappa shape index (κ3) is 9.16. The zero-order valence-corrected chi connectivity index (χ0v) is 19.4. The second kappa shape index (κ2) is 13.3. The zero-order chi connectivity index (χ0) is 26.0. The lowest BCUT2D eigenvalue weighted by atomic mass is 10.0. The standard InChI is InChI=1S/C22H33N5O7/c1-11(2)17(24)20(31)27-18(12(3)28)21(32)25-14(10-16(23)29)19(30)26-15(22(33)34)9-13-7-5-4-6-8-13/h4-8,11-12,14-15,17-18,28H,9-10,24H2,1-3H3,(H2,23,29)(H,25,32)(H,26,30)(H,27,31)(H,33,34). The molecule has 5 unspecified atom stereocenters. The number of primary amides is 1. The van der Waals surface area contributed by atoms with Gasteiger partial charge in [0, 0.05) is 6.42 Å². The second-order valence-corrected chi connectivity index (χ2v) is 8.32. The molecule has 0 fully saturated rings. The van der Waals surface area contributed by atoms with E-state index in [0.29, 0.717) is 5.56 Å². The minimum absolute atomic E-state index is 0.0431. The minimum Gasteiger partial charge on any atom is -0.480 e. The monoisotopic (exact) mass is 479 g/mol. The lowest BCUT2D eigenvalue weighted by molar-refractivity contribution is -0.142. The molecule has 0 saturated carbocycles. The van der Waals surface area contributed by atoms with Gasteiger partial charge in [0.1, 0.15) is 18.1 Å². The van der Waals surface area contributed by atoms with Crippen molar-refractivity contribution in [3.8, 4) is 0 Å². The molecular weight excluding hydrogens is 446 g/mol. The highest BCUT2D eigenvalue weighted by Crippen LogP contribution is 2.06. The molecule has 12 heteroatoms. The molecule has 34 heavy (non-hydrogen) atoms. The smallest absolute Gasteiger partial charge is 0.326 e. The first-order valence-corrected chi connectivity index (χ1v) is 10.7. The minimum atomic E-state index is -1.54. The molecule has 5 atom stereocenters. The average molecular weight is 480 g/mol. The van der Waals surface area contributed by atoms with Gasteiger partial charge in [-0.05, 0) is 18.4 Å². The maximum Gasteiger partial charge on any atom is 0.326 e. The van der Waals surface area contributed by atoms with Gasteiger partial charge < -0.3 is 37.6 Å². The summed E-state index contributed by atoms with van der Waals surface area (Å²) < 4.78 is 0. The number of carboxylic acid groups (broad SMARTS) is 1. The van der Waals surface area contributed by atoms with E-state index in [-0.39, 0.29) is 12.3 Å². The summed E-state index contributed by atoms with van der Waals surface area (Å²) in [7, 11) is 0. The van der Waals surface area contributed by atoms with Crippen molar-refractivity contribution in [3.05, 3.63) is 35.9 Å². The molecule has 0 spiro atoms. The van der Waals surface area contributed by atoms with Gasteiger partial charge in [-0.3, -0.25) is 19.2 Å². The Morgan fingerprint density at radius 2 is 1.44 bits per heavy atom. The van der Waals surface area contributed by atoms with Gasteiger partial charge in [0.15, 0.2) is 0 Å². The fourth-order valence-corrected chi connectivity index (χ4v) is 2.95. The van der Waals surface area contributed by atoms with E-state index in [9.17, 15) is 34.2 Å².